The number of nitrogens with zero attached hydrogens (tertiary/aromatic N) is 1. The molecule has 0 saturated heterocycles. The second kappa shape index (κ2) is 11.7. The van der Waals surface area contributed by atoms with Crippen LogP contribution in [0.2, 0.25) is 10.0 Å². The van der Waals surface area contributed by atoms with Crippen molar-refractivity contribution < 1.29 is 14.0 Å². The molecule has 0 heterocycles. The molecule has 0 aliphatic carbocycles. The summed E-state index contributed by atoms with van der Waals surface area (Å²) in [4.78, 5) is 28.7. The number of carbonyl (C=O) groups is 2. The Morgan fingerprint density at radius 1 is 0.914 bits per heavy atom. The number of rotatable bonds is 8. The average molecular weight is 515 g/mol. The molecule has 3 aromatic carbocycles. The lowest BCUT2D eigenvalue weighted by atomic mass is 9.99. The van der Waals surface area contributed by atoms with Gasteiger partial charge in [-0.2, -0.15) is 0 Å². The van der Waals surface area contributed by atoms with Gasteiger partial charge >= 0.3 is 0 Å². The smallest absolute Gasteiger partial charge is 0.243 e. The molecule has 1 atom stereocenters. The molecule has 1 N–H and O–H groups in total. The lowest BCUT2D eigenvalue weighted by Gasteiger charge is -2.34. The summed E-state index contributed by atoms with van der Waals surface area (Å²) >= 11 is 12.6. The third-order valence-corrected chi connectivity index (χ3v) is 6.18. The van der Waals surface area contributed by atoms with Gasteiger partial charge in [0.1, 0.15) is 11.9 Å². The van der Waals surface area contributed by atoms with E-state index in [1.807, 2.05) is 57.2 Å². The van der Waals surface area contributed by atoms with Crippen LogP contribution in [-0.4, -0.2) is 28.3 Å². The van der Waals surface area contributed by atoms with Crippen molar-refractivity contribution in [3.8, 4) is 0 Å². The molecule has 0 saturated carbocycles. The van der Waals surface area contributed by atoms with Gasteiger partial charge in [0.15, 0.2) is 0 Å². The van der Waals surface area contributed by atoms with Gasteiger partial charge in [-0.25, -0.2) is 4.39 Å². The summed E-state index contributed by atoms with van der Waals surface area (Å²) in [6, 6.07) is 20.1. The fraction of sp³-hybridized carbons (Fsp3) is 0.286. The standard InChI is InChI=1S/C28H29Cl2FN2O2/c1-28(2,3)32-27(35)25(16-19-10-5-4-6-11-19)33(18-20-12-7-8-13-22(20)29)26(34)17-21-23(30)14-9-15-24(21)31/h4-15,25H,16-18H2,1-3H3,(H,32,35). The highest BCUT2D eigenvalue weighted by Crippen LogP contribution is 2.24. The first-order chi connectivity index (χ1) is 16.5. The molecule has 0 aromatic heterocycles. The van der Waals surface area contributed by atoms with Gasteiger partial charge in [-0.3, -0.25) is 9.59 Å². The summed E-state index contributed by atoms with van der Waals surface area (Å²) in [5.74, 6) is -1.30. The van der Waals surface area contributed by atoms with E-state index in [4.69, 9.17) is 23.2 Å². The molecule has 7 heteroatoms. The Balaban J connectivity index is 2.04. The van der Waals surface area contributed by atoms with Crippen LogP contribution in [0.15, 0.2) is 72.8 Å². The zero-order valence-corrected chi connectivity index (χ0v) is 21.5. The van der Waals surface area contributed by atoms with E-state index in [1.54, 1.807) is 24.3 Å². The first-order valence-corrected chi connectivity index (χ1v) is 12.1. The molecule has 3 rings (SSSR count). The van der Waals surface area contributed by atoms with E-state index in [-0.39, 0.29) is 35.9 Å². The number of amides is 2. The van der Waals surface area contributed by atoms with Crippen LogP contribution in [-0.2, 0) is 29.0 Å². The van der Waals surface area contributed by atoms with E-state index in [0.29, 0.717) is 10.6 Å². The molecule has 0 spiro atoms. The summed E-state index contributed by atoms with van der Waals surface area (Å²) < 4.78 is 14.5. The molecular formula is C28H29Cl2FN2O2. The van der Waals surface area contributed by atoms with Gasteiger partial charge in [-0.1, -0.05) is 77.8 Å². The minimum Gasteiger partial charge on any atom is -0.350 e. The van der Waals surface area contributed by atoms with Gasteiger partial charge in [-0.15, -0.1) is 0 Å². The molecular weight excluding hydrogens is 486 g/mol. The highest BCUT2D eigenvalue weighted by atomic mass is 35.5. The topological polar surface area (TPSA) is 49.4 Å². The maximum atomic E-state index is 14.5. The van der Waals surface area contributed by atoms with E-state index in [2.05, 4.69) is 5.32 Å². The van der Waals surface area contributed by atoms with Crippen molar-refractivity contribution in [3.05, 3.63) is 105 Å². The highest BCUT2D eigenvalue weighted by molar-refractivity contribution is 6.31. The summed E-state index contributed by atoms with van der Waals surface area (Å²) in [5.41, 5.74) is 1.16. The Morgan fingerprint density at radius 2 is 1.54 bits per heavy atom. The molecule has 0 radical (unpaired) electrons. The van der Waals surface area contributed by atoms with E-state index >= 15 is 0 Å². The molecule has 184 valence electrons. The molecule has 0 bridgehead atoms. The van der Waals surface area contributed by atoms with E-state index in [9.17, 15) is 14.0 Å². The summed E-state index contributed by atoms with van der Waals surface area (Å²) in [6.07, 6.45) is -0.00596. The van der Waals surface area contributed by atoms with Crippen molar-refractivity contribution >= 4 is 35.0 Å². The third kappa shape index (κ3) is 7.55. The van der Waals surface area contributed by atoms with Crippen molar-refractivity contribution in [2.75, 3.05) is 0 Å². The van der Waals surface area contributed by atoms with Crippen molar-refractivity contribution in [3.63, 3.8) is 0 Å². The van der Waals surface area contributed by atoms with Crippen LogP contribution in [0.25, 0.3) is 0 Å². The quantitative estimate of drug-likeness (QED) is 0.387. The van der Waals surface area contributed by atoms with Crippen LogP contribution >= 0.6 is 23.2 Å². The van der Waals surface area contributed by atoms with Gasteiger partial charge in [-0.05, 0) is 50.1 Å². The predicted octanol–water partition coefficient (Wildman–Crippen LogP) is 6.23. The minimum absolute atomic E-state index is 0.0830. The van der Waals surface area contributed by atoms with Crippen LogP contribution in [0.1, 0.15) is 37.5 Å². The number of nitrogens with one attached hydrogen (secondary N) is 1. The molecule has 3 aromatic rings. The minimum atomic E-state index is -0.856. The lowest BCUT2D eigenvalue weighted by Crippen LogP contribution is -2.54. The van der Waals surface area contributed by atoms with Crippen LogP contribution in [0.3, 0.4) is 0 Å². The zero-order chi connectivity index (χ0) is 25.6. The summed E-state index contributed by atoms with van der Waals surface area (Å²) in [7, 11) is 0. The number of hydrogen-bond donors (Lipinski definition) is 1. The van der Waals surface area contributed by atoms with E-state index in [0.717, 1.165) is 5.56 Å². The SMILES string of the molecule is CC(C)(C)NC(=O)C(Cc1ccccc1)N(Cc1ccccc1Cl)C(=O)Cc1c(F)cccc1Cl. The fourth-order valence-corrected chi connectivity index (χ4v) is 4.20. The monoisotopic (exact) mass is 514 g/mol. The van der Waals surface area contributed by atoms with E-state index in [1.165, 1.54) is 17.0 Å². The number of benzene rings is 3. The molecule has 35 heavy (non-hydrogen) atoms. The molecule has 0 aliphatic heterocycles. The average Bonchev–Trinajstić information content (AvgIpc) is 2.79. The Labute approximate surface area is 216 Å². The van der Waals surface area contributed by atoms with Crippen molar-refractivity contribution in [2.24, 2.45) is 0 Å². The molecule has 1 unspecified atom stereocenters. The first kappa shape index (κ1) is 26.7. The summed E-state index contributed by atoms with van der Waals surface area (Å²) in [5, 5.41) is 3.63. The van der Waals surface area contributed by atoms with Crippen LogP contribution in [0.5, 0.6) is 0 Å². The predicted molar refractivity (Wildman–Crippen MR) is 139 cm³/mol. The highest BCUT2D eigenvalue weighted by Gasteiger charge is 2.33. The first-order valence-electron chi connectivity index (χ1n) is 11.4. The van der Waals surface area contributed by atoms with Crippen LogP contribution in [0.4, 0.5) is 4.39 Å². The Kier molecular flexibility index (Phi) is 8.92. The van der Waals surface area contributed by atoms with Gasteiger partial charge in [0.25, 0.3) is 0 Å². The van der Waals surface area contributed by atoms with Gasteiger partial charge in [0.05, 0.1) is 6.42 Å². The Morgan fingerprint density at radius 3 is 2.17 bits per heavy atom. The second-order valence-corrected chi connectivity index (χ2v) is 10.2. The summed E-state index contributed by atoms with van der Waals surface area (Å²) in [6.45, 7) is 5.72. The maximum absolute atomic E-state index is 14.5. The lowest BCUT2D eigenvalue weighted by molar-refractivity contribution is -0.141. The Hall–Kier alpha value is -2.89. The number of halogens is 3. The molecule has 0 fully saturated rings. The van der Waals surface area contributed by atoms with Gasteiger partial charge in [0.2, 0.25) is 11.8 Å². The van der Waals surface area contributed by atoms with Gasteiger partial charge < -0.3 is 10.2 Å². The maximum Gasteiger partial charge on any atom is 0.243 e. The van der Waals surface area contributed by atoms with Crippen LogP contribution in [0, 0.1) is 5.82 Å². The molecule has 4 nitrogen and oxygen atoms in total. The molecule has 0 aliphatic rings. The van der Waals surface area contributed by atoms with Gasteiger partial charge in [0, 0.05) is 34.1 Å². The van der Waals surface area contributed by atoms with Crippen molar-refractivity contribution in [2.45, 2.75) is 51.7 Å². The number of carbonyl (C=O) groups excluding carboxylic acids is 2. The normalized spacial score (nSPS) is 12.2. The second-order valence-electron chi connectivity index (χ2n) is 9.43. The van der Waals surface area contributed by atoms with E-state index < -0.39 is 23.3 Å². The third-order valence-electron chi connectivity index (χ3n) is 5.46. The van der Waals surface area contributed by atoms with Crippen molar-refractivity contribution in [1.29, 1.82) is 0 Å². The Bertz CT molecular complexity index is 1160. The molecule has 2 amide bonds. The fourth-order valence-electron chi connectivity index (χ4n) is 3.77. The van der Waals surface area contributed by atoms with Crippen LogP contribution < -0.4 is 5.32 Å². The van der Waals surface area contributed by atoms with Crippen molar-refractivity contribution in [1.82, 2.24) is 10.2 Å². The number of hydrogen-bond acceptors (Lipinski definition) is 2. The zero-order valence-electron chi connectivity index (χ0n) is 20.0. The largest absolute Gasteiger partial charge is 0.350 e.